The zero-order valence-electron chi connectivity index (χ0n) is 19.8. The Morgan fingerprint density at radius 2 is 1.76 bits per heavy atom. The molecule has 4 aliphatic rings. The average molecular weight is 464 g/mol. The van der Waals surface area contributed by atoms with Gasteiger partial charge < -0.3 is 10.1 Å². The molecule has 0 spiro atoms. The smallest absolute Gasteiger partial charge is 0.312 e. The SMILES string of the molecule is CSc1ccccc1NC(=O)COC(=O)C12C[C@@H]3C[C@@H](C1)CC(c1ccc(C)c(C)c1)(C3)C2. The molecule has 174 valence electrons. The summed E-state index contributed by atoms with van der Waals surface area (Å²) < 4.78 is 5.70. The van der Waals surface area contributed by atoms with Crippen molar-refractivity contribution in [3.8, 4) is 0 Å². The van der Waals surface area contributed by atoms with Crippen LogP contribution in [-0.4, -0.2) is 24.7 Å². The minimum absolute atomic E-state index is 0.0705. The second-order valence-corrected chi connectivity index (χ2v) is 11.5. The van der Waals surface area contributed by atoms with Gasteiger partial charge in [0.25, 0.3) is 5.91 Å². The first-order valence-corrected chi connectivity index (χ1v) is 13.2. The van der Waals surface area contributed by atoms with E-state index in [4.69, 9.17) is 4.74 Å². The zero-order chi connectivity index (χ0) is 23.2. The second-order valence-electron chi connectivity index (χ2n) is 10.6. The number of hydrogen-bond donors (Lipinski definition) is 1. The highest BCUT2D eigenvalue weighted by Crippen LogP contribution is 2.66. The number of aryl methyl sites for hydroxylation is 2. The Labute approximate surface area is 200 Å². The summed E-state index contributed by atoms with van der Waals surface area (Å²) in [6.45, 7) is 4.10. The summed E-state index contributed by atoms with van der Waals surface area (Å²) in [6, 6.07) is 14.5. The molecule has 4 nitrogen and oxygen atoms in total. The molecule has 4 saturated carbocycles. The van der Waals surface area contributed by atoms with Crippen molar-refractivity contribution in [3.63, 3.8) is 0 Å². The monoisotopic (exact) mass is 463 g/mol. The van der Waals surface area contributed by atoms with Crippen LogP contribution < -0.4 is 5.32 Å². The maximum absolute atomic E-state index is 13.5. The molecule has 0 aliphatic heterocycles. The molecule has 4 fully saturated rings. The summed E-state index contributed by atoms with van der Waals surface area (Å²) in [5.74, 6) is 0.696. The number of amides is 1. The molecular formula is C28H33NO3S. The van der Waals surface area contributed by atoms with Gasteiger partial charge in [-0.3, -0.25) is 9.59 Å². The molecule has 4 bridgehead atoms. The van der Waals surface area contributed by atoms with Crippen molar-refractivity contribution < 1.29 is 14.3 Å². The first-order valence-electron chi connectivity index (χ1n) is 12.0. The van der Waals surface area contributed by atoms with Crippen molar-refractivity contribution >= 4 is 29.3 Å². The summed E-state index contributed by atoms with van der Waals surface area (Å²) in [5, 5.41) is 2.90. The Morgan fingerprint density at radius 1 is 1.03 bits per heavy atom. The van der Waals surface area contributed by atoms with Crippen LogP contribution in [0.5, 0.6) is 0 Å². The Bertz CT molecular complexity index is 1080. The van der Waals surface area contributed by atoms with Gasteiger partial charge in [-0.05, 0) is 105 Å². The third kappa shape index (κ3) is 4.09. The van der Waals surface area contributed by atoms with Crippen LogP contribution in [0.25, 0.3) is 0 Å². The number of esters is 1. The van der Waals surface area contributed by atoms with Gasteiger partial charge in [-0.1, -0.05) is 30.3 Å². The summed E-state index contributed by atoms with van der Waals surface area (Å²) >= 11 is 1.58. The number of nitrogens with one attached hydrogen (secondary N) is 1. The van der Waals surface area contributed by atoms with Crippen LogP contribution in [0.4, 0.5) is 5.69 Å². The highest BCUT2D eigenvalue weighted by molar-refractivity contribution is 7.98. The van der Waals surface area contributed by atoms with Crippen molar-refractivity contribution in [2.75, 3.05) is 18.2 Å². The van der Waals surface area contributed by atoms with E-state index in [0.717, 1.165) is 29.8 Å². The average Bonchev–Trinajstić information content (AvgIpc) is 2.78. The number of anilines is 1. The Morgan fingerprint density at radius 3 is 2.45 bits per heavy atom. The highest BCUT2D eigenvalue weighted by Gasteiger charge is 2.61. The number of para-hydroxylation sites is 1. The number of rotatable bonds is 6. The van der Waals surface area contributed by atoms with Gasteiger partial charge in [0.2, 0.25) is 0 Å². The third-order valence-electron chi connectivity index (χ3n) is 8.33. The summed E-state index contributed by atoms with van der Waals surface area (Å²) in [4.78, 5) is 27.0. The van der Waals surface area contributed by atoms with E-state index in [0.29, 0.717) is 11.8 Å². The molecule has 1 amide bonds. The van der Waals surface area contributed by atoms with Crippen LogP contribution in [0.2, 0.25) is 0 Å². The lowest BCUT2D eigenvalue weighted by Gasteiger charge is -2.61. The van der Waals surface area contributed by atoms with E-state index in [1.165, 1.54) is 36.0 Å². The van der Waals surface area contributed by atoms with Crippen molar-refractivity contribution in [2.24, 2.45) is 17.3 Å². The molecule has 2 aromatic rings. The highest BCUT2D eigenvalue weighted by atomic mass is 32.2. The van der Waals surface area contributed by atoms with Crippen LogP contribution in [0.15, 0.2) is 47.4 Å². The van der Waals surface area contributed by atoms with Crippen LogP contribution in [0.1, 0.15) is 55.2 Å². The molecule has 6 rings (SSSR count). The van der Waals surface area contributed by atoms with E-state index in [1.807, 2.05) is 30.5 Å². The fourth-order valence-corrected chi connectivity index (χ4v) is 7.68. The van der Waals surface area contributed by atoms with E-state index in [1.54, 1.807) is 11.8 Å². The van der Waals surface area contributed by atoms with Crippen LogP contribution >= 0.6 is 11.8 Å². The van der Waals surface area contributed by atoms with E-state index in [-0.39, 0.29) is 23.9 Å². The fraction of sp³-hybridized carbons (Fsp3) is 0.500. The number of thioether (sulfide) groups is 1. The molecule has 0 saturated heterocycles. The van der Waals surface area contributed by atoms with Crippen molar-refractivity contribution in [2.45, 2.75) is 62.7 Å². The van der Waals surface area contributed by atoms with Crippen LogP contribution in [0, 0.1) is 31.1 Å². The molecule has 0 unspecified atom stereocenters. The van der Waals surface area contributed by atoms with Gasteiger partial charge >= 0.3 is 5.97 Å². The quantitative estimate of drug-likeness (QED) is 0.419. The van der Waals surface area contributed by atoms with Gasteiger partial charge in [0.15, 0.2) is 6.61 Å². The molecule has 2 aromatic carbocycles. The second kappa shape index (κ2) is 8.50. The fourth-order valence-electron chi connectivity index (χ4n) is 7.13. The van der Waals surface area contributed by atoms with E-state index in [2.05, 4.69) is 37.4 Å². The summed E-state index contributed by atoms with van der Waals surface area (Å²) in [7, 11) is 0. The molecular weight excluding hydrogens is 430 g/mol. The number of hydrogen-bond acceptors (Lipinski definition) is 4. The molecule has 0 radical (unpaired) electrons. The lowest BCUT2D eigenvalue weighted by Crippen LogP contribution is -2.57. The number of ether oxygens (including phenoxy) is 1. The van der Waals surface area contributed by atoms with Gasteiger partial charge in [0.05, 0.1) is 11.1 Å². The van der Waals surface area contributed by atoms with Gasteiger partial charge in [0.1, 0.15) is 0 Å². The van der Waals surface area contributed by atoms with Gasteiger partial charge in [-0.2, -0.15) is 0 Å². The predicted octanol–water partition coefficient (Wildman–Crippen LogP) is 6.05. The molecule has 33 heavy (non-hydrogen) atoms. The first kappa shape index (κ1) is 22.5. The topological polar surface area (TPSA) is 55.4 Å². The van der Waals surface area contributed by atoms with Crippen molar-refractivity contribution in [3.05, 3.63) is 59.2 Å². The maximum Gasteiger partial charge on any atom is 0.312 e. The molecule has 0 aromatic heterocycles. The Kier molecular flexibility index (Phi) is 5.80. The van der Waals surface area contributed by atoms with Gasteiger partial charge in [-0.15, -0.1) is 11.8 Å². The molecule has 4 aliphatic carbocycles. The Balaban J connectivity index is 1.31. The summed E-state index contributed by atoms with van der Waals surface area (Å²) in [5.41, 5.74) is 4.41. The van der Waals surface area contributed by atoms with Gasteiger partial charge in [0, 0.05) is 4.90 Å². The van der Waals surface area contributed by atoms with Gasteiger partial charge in [-0.25, -0.2) is 0 Å². The van der Waals surface area contributed by atoms with E-state index >= 15 is 0 Å². The molecule has 1 N–H and O–H groups in total. The number of benzene rings is 2. The lowest BCUT2D eigenvalue weighted by atomic mass is 9.43. The molecule has 0 heterocycles. The van der Waals surface area contributed by atoms with E-state index < -0.39 is 5.41 Å². The van der Waals surface area contributed by atoms with Crippen LogP contribution in [0.3, 0.4) is 0 Å². The largest absolute Gasteiger partial charge is 0.455 e. The zero-order valence-corrected chi connectivity index (χ0v) is 20.6. The predicted molar refractivity (Wildman–Crippen MR) is 133 cm³/mol. The number of carbonyl (C=O) groups excluding carboxylic acids is 2. The first-order chi connectivity index (χ1) is 15.8. The van der Waals surface area contributed by atoms with E-state index in [9.17, 15) is 9.59 Å². The standard InChI is InChI=1S/C28H33NO3S/c1-18-8-9-22(10-19(18)2)27-12-20-11-21(13-27)15-28(14-20,17-27)26(31)32-16-25(30)29-23-6-4-5-7-24(23)33-3/h4-10,20-21H,11-17H2,1-3H3,(H,29,30)/t20-,21-,27?,28?/m1/s1. The maximum atomic E-state index is 13.5. The minimum Gasteiger partial charge on any atom is -0.455 e. The van der Waals surface area contributed by atoms with Crippen LogP contribution in [-0.2, 0) is 19.7 Å². The molecule has 2 atom stereocenters. The van der Waals surface area contributed by atoms with Crippen molar-refractivity contribution in [1.82, 2.24) is 0 Å². The Hall–Kier alpha value is -2.27. The number of carbonyl (C=O) groups is 2. The lowest BCUT2D eigenvalue weighted by molar-refractivity contribution is -0.175. The summed E-state index contributed by atoms with van der Waals surface area (Å²) in [6.07, 6.45) is 8.22. The van der Waals surface area contributed by atoms with Crippen molar-refractivity contribution in [1.29, 1.82) is 0 Å². The minimum atomic E-state index is -0.444. The molecule has 5 heteroatoms. The normalized spacial score (nSPS) is 29.7. The third-order valence-corrected chi connectivity index (χ3v) is 9.12.